The lowest BCUT2D eigenvalue weighted by Gasteiger charge is -1.97. The third-order valence-corrected chi connectivity index (χ3v) is 2.63. The van der Waals surface area contributed by atoms with Crippen LogP contribution in [0.4, 0.5) is 5.69 Å². The molecule has 0 aliphatic heterocycles. The Balaban J connectivity index is 0.000000461. The van der Waals surface area contributed by atoms with Gasteiger partial charge in [0.2, 0.25) is 0 Å². The van der Waals surface area contributed by atoms with Crippen LogP contribution in [0.15, 0.2) is 22.7 Å². The highest BCUT2D eigenvalue weighted by Gasteiger charge is 1.96. The molecule has 11 heavy (non-hydrogen) atoms. The normalized spacial score (nSPS) is 8.00. The van der Waals surface area contributed by atoms with Crippen LogP contribution in [0.25, 0.3) is 0 Å². The Hall–Kier alpha value is -0.280. The van der Waals surface area contributed by atoms with Gasteiger partial charge in [-0.15, -0.1) is 0 Å². The van der Waals surface area contributed by atoms with Crippen molar-refractivity contribution in [1.29, 1.82) is 5.26 Å². The van der Waals surface area contributed by atoms with E-state index in [9.17, 15) is 0 Å². The molecule has 0 aromatic heterocycles. The van der Waals surface area contributed by atoms with Crippen molar-refractivity contribution in [2.75, 3.05) is 5.73 Å². The van der Waals surface area contributed by atoms with Crippen LogP contribution in [0.2, 0.25) is 0 Å². The summed E-state index contributed by atoms with van der Waals surface area (Å²) in [6.45, 7) is 3.50. The standard InChI is InChI=1S/C6H5BrIN.CHN/c7-4-2-1-3-5(8)6(4)9;1-2/h1-3H,9H2;1H. The van der Waals surface area contributed by atoms with Crippen LogP contribution in [0, 0.1) is 15.4 Å². The number of para-hydroxylation sites is 1. The minimum Gasteiger partial charge on any atom is -0.397 e. The summed E-state index contributed by atoms with van der Waals surface area (Å²) in [4.78, 5) is 0. The number of hydrogen-bond acceptors (Lipinski definition) is 2. The highest BCUT2D eigenvalue weighted by molar-refractivity contribution is 14.1. The Morgan fingerprint density at radius 1 is 1.45 bits per heavy atom. The van der Waals surface area contributed by atoms with E-state index in [0.29, 0.717) is 0 Å². The van der Waals surface area contributed by atoms with Gasteiger partial charge in [0.05, 0.1) is 5.69 Å². The first-order chi connectivity index (χ1) is 5.22. The summed E-state index contributed by atoms with van der Waals surface area (Å²) in [5, 5.41) is 6.50. The molecule has 1 aromatic rings. The lowest BCUT2D eigenvalue weighted by Crippen LogP contribution is -1.88. The van der Waals surface area contributed by atoms with Crippen molar-refractivity contribution >= 4 is 44.2 Å². The molecule has 58 valence electrons. The van der Waals surface area contributed by atoms with Crippen LogP contribution in [0.5, 0.6) is 0 Å². The predicted molar refractivity (Wildman–Crippen MR) is 57.9 cm³/mol. The first-order valence-corrected chi connectivity index (χ1v) is 4.54. The Bertz CT molecular complexity index is 240. The number of nitrogens with zero attached hydrogens (tertiary/aromatic N) is 1. The molecule has 2 N–H and O–H groups in total. The lowest BCUT2D eigenvalue weighted by molar-refractivity contribution is 1.58. The van der Waals surface area contributed by atoms with Crippen LogP contribution >= 0.6 is 38.5 Å². The van der Waals surface area contributed by atoms with Gasteiger partial charge < -0.3 is 5.73 Å². The van der Waals surface area contributed by atoms with Crippen LogP contribution in [0.1, 0.15) is 0 Å². The summed E-state index contributed by atoms with van der Waals surface area (Å²) in [6.07, 6.45) is 0. The quantitative estimate of drug-likeness (QED) is 0.589. The van der Waals surface area contributed by atoms with Crippen molar-refractivity contribution in [2.45, 2.75) is 0 Å². The molecule has 1 aromatic carbocycles. The summed E-state index contributed by atoms with van der Waals surface area (Å²) >= 11 is 5.51. The molecule has 0 aliphatic rings. The average molecular weight is 325 g/mol. The van der Waals surface area contributed by atoms with E-state index in [1.807, 2.05) is 18.2 Å². The molecule has 0 unspecified atom stereocenters. The number of hydrogen-bond donors (Lipinski definition) is 1. The van der Waals surface area contributed by atoms with Crippen molar-refractivity contribution in [3.63, 3.8) is 0 Å². The number of benzene rings is 1. The largest absolute Gasteiger partial charge is 0.397 e. The summed E-state index contributed by atoms with van der Waals surface area (Å²) < 4.78 is 2.05. The second-order valence-electron chi connectivity index (χ2n) is 1.64. The van der Waals surface area contributed by atoms with E-state index in [-0.39, 0.29) is 0 Å². The van der Waals surface area contributed by atoms with E-state index < -0.39 is 0 Å². The van der Waals surface area contributed by atoms with Gasteiger partial charge in [-0.2, -0.15) is 0 Å². The number of rotatable bonds is 0. The highest BCUT2D eigenvalue weighted by atomic mass is 127. The highest BCUT2D eigenvalue weighted by Crippen LogP contribution is 2.23. The molecular formula is C7H6BrIN2. The van der Waals surface area contributed by atoms with Crippen molar-refractivity contribution in [2.24, 2.45) is 0 Å². The Kier molecular flexibility index (Phi) is 5.24. The predicted octanol–water partition coefficient (Wildman–Crippen LogP) is 2.78. The zero-order chi connectivity index (χ0) is 8.85. The van der Waals surface area contributed by atoms with Gasteiger partial charge in [0.1, 0.15) is 0 Å². The fourth-order valence-corrected chi connectivity index (χ4v) is 1.75. The zero-order valence-corrected chi connectivity index (χ0v) is 9.33. The molecule has 0 radical (unpaired) electrons. The van der Waals surface area contributed by atoms with E-state index in [1.165, 1.54) is 0 Å². The van der Waals surface area contributed by atoms with Crippen molar-refractivity contribution < 1.29 is 0 Å². The number of halogens is 2. The summed E-state index contributed by atoms with van der Waals surface area (Å²) in [7, 11) is 0. The van der Waals surface area contributed by atoms with Crippen molar-refractivity contribution in [1.82, 2.24) is 0 Å². The first kappa shape index (κ1) is 10.7. The van der Waals surface area contributed by atoms with Crippen LogP contribution < -0.4 is 5.73 Å². The van der Waals surface area contributed by atoms with Crippen LogP contribution in [0.3, 0.4) is 0 Å². The van der Waals surface area contributed by atoms with Gasteiger partial charge in [0.15, 0.2) is 0 Å². The Morgan fingerprint density at radius 3 is 2.36 bits per heavy atom. The molecular weight excluding hydrogens is 319 g/mol. The summed E-state index contributed by atoms with van der Waals surface area (Å²) in [5.74, 6) is 0. The van der Waals surface area contributed by atoms with Crippen LogP contribution in [-0.4, -0.2) is 0 Å². The van der Waals surface area contributed by atoms with Gasteiger partial charge in [0.25, 0.3) is 0 Å². The minimum atomic E-state index is 0.818. The number of nitrogen functional groups attached to an aromatic ring is 1. The number of anilines is 1. The van der Waals surface area contributed by atoms with E-state index in [0.717, 1.165) is 13.7 Å². The minimum absolute atomic E-state index is 0.818. The smallest absolute Gasteiger partial charge is 0.0594 e. The molecule has 0 saturated carbocycles. The van der Waals surface area contributed by atoms with Crippen molar-refractivity contribution in [3.8, 4) is 6.57 Å². The van der Waals surface area contributed by atoms with E-state index >= 15 is 0 Å². The van der Waals surface area contributed by atoms with E-state index in [2.05, 4.69) is 45.1 Å². The fraction of sp³-hybridized carbons (Fsp3) is 0. The first-order valence-electron chi connectivity index (χ1n) is 2.67. The van der Waals surface area contributed by atoms with Gasteiger partial charge >= 0.3 is 0 Å². The molecule has 0 saturated heterocycles. The molecule has 0 amide bonds. The topological polar surface area (TPSA) is 49.8 Å². The molecule has 0 aliphatic carbocycles. The second-order valence-corrected chi connectivity index (χ2v) is 3.65. The maximum Gasteiger partial charge on any atom is 0.0594 e. The maximum atomic E-state index is 6.50. The molecule has 0 spiro atoms. The van der Waals surface area contributed by atoms with E-state index in [1.54, 1.807) is 0 Å². The number of nitriles is 1. The van der Waals surface area contributed by atoms with Crippen molar-refractivity contribution in [3.05, 3.63) is 26.2 Å². The third kappa shape index (κ3) is 3.08. The second kappa shape index (κ2) is 5.38. The van der Waals surface area contributed by atoms with Gasteiger partial charge in [-0.05, 0) is 50.7 Å². The molecule has 4 heteroatoms. The maximum absolute atomic E-state index is 6.50. The zero-order valence-electron chi connectivity index (χ0n) is 5.59. The number of nitrogens with two attached hydrogens (primary N) is 1. The van der Waals surface area contributed by atoms with Crippen LogP contribution in [-0.2, 0) is 0 Å². The molecule has 0 fully saturated rings. The molecule has 0 bridgehead atoms. The SMILES string of the molecule is C#N.Nc1c(Br)cccc1I. The van der Waals surface area contributed by atoms with E-state index in [4.69, 9.17) is 11.0 Å². The molecule has 0 heterocycles. The van der Waals surface area contributed by atoms with Gasteiger partial charge in [-0.1, -0.05) is 6.07 Å². The Morgan fingerprint density at radius 2 is 2.00 bits per heavy atom. The average Bonchev–Trinajstić information content (AvgIpc) is 2.04. The van der Waals surface area contributed by atoms with Gasteiger partial charge in [-0.25, -0.2) is 5.26 Å². The molecule has 0 atom stereocenters. The fourth-order valence-electron chi connectivity index (χ4n) is 0.511. The molecule has 2 nitrogen and oxygen atoms in total. The lowest BCUT2D eigenvalue weighted by atomic mass is 10.3. The summed E-state index contributed by atoms with van der Waals surface area (Å²) in [6, 6.07) is 5.86. The third-order valence-electron chi connectivity index (χ3n) is 1.000. The summed E-state index contributed by atoms with van der Waals surface area (Å²) in [5.41, 5.74) is 6.45. The molecule has 1 rings (SSSR count). The van der Waals surface area contributed by atoms with Gasteiger partial charge in [0, 0.05) is 14.6 Å². The monoisotopic (exact) mass is 324 g/mol. The Labute approximate surface area is 87.7 Å². The van der Waals surface area contributed by atoms with Gasteiger partial charge in [-0.3, -0.25) is 0 Å².